The predicted molar refractivity (Wildman–Crippen MR) is 131 cm³/mol. The molecule has 0 spiro atoms. The van der Waals surface area contributed by atoms with E-state index in [0.717, 1.165) is 18.4 Å². The number of aromatic hydroxyl groups is 1. The van der Waals surface area contributed by atoms with Crippen LogP contribution < -0.4 is 5.32 Å². The predicted octanol–water partition coefficient (Wildman–Crippen LogP) is 4.39. The van der Waals surface area contributed by atoms with Gasteiger partial charge >= 0.3 is 0 Å². The summed E-state index contributed by atoms with van der Waals surface area (Å²) in [5.41, 5.74) is 2.08. The SMILES string of the molecule is O=C(Cc1ccc(Nc2cc(-c3c(F)cccc3Cl)nc3c[nH]c(O)c23)nc1)N1CCCC1CO. The number of aromatic nitrogens is 3. The molecule has 0 aliphatic carbocycles. The number of carbonyl (C=O) groups is 1. The quantitative estimate of drug-likeness (QED) is 0.315. The van der Waals surface area contributed by atoms with Crippen LogP contribution in [-0.2, 0) is 11.2 Å². The zero-order valence-corrected chi connectivity index (χ0v) is 19.4. The van der Waals surface area contributed by atoms with Crippen molar-refractivity contribution >= 4 is 39.9 Å². The van der Waals surface area contributed by atoms with Crippen molar-refractivity contribution in [2.24, 2.45) is 0 Å². The van der Waals surface area contributed by atoms with Crippen LogP contribution in [0.1, 0.15) is 18.4 Å². The van der Waals surface area contributed by atoms with Gasteiger partial charge in [-0.3, -0.25) is 4.79 Å². The minimum absolute atomic E-state index is 0.0284. The number of pyridine rings is 2. The number of amides is 1. The third-order valence-electron chi connectivity index (χ3n) is 6.20. The maximum absolute atomic E-state index is 14.5. The minimum Gasteiger partial charge on any atom is -0.494 e. The number of nitrogens with one attached hydrogen (secondary N) is 2. The lowest BCUT2D eigenvalue weighted by atomic mass is 10.1. The summed E-state index contributed by atoms with van der Waals surface area (Å²) in [5, 5.41) is 23.6. The minimum atomic E-state index is -0.511. The van der Waals surface area contributed by atoms with Gasteiger partial charge in [-0.15, -0.1) is 0 Å². The van der Waals surface area contributed by atoms with Gasteiger partial charge in [-0.1, -0.05) is 23.7 Å². The Morgan fingerprint density at radius 2 is 2.17 bits per heavy atom. The van der Waals surface area contributed by atoms with Gasteiger partial charge < -0.3 is 25.4 Å². The Morgan fingerprint density at radius 3 is 2.91 bits per heavy atom. The van der Waals surface area contributed by atoms with Gasteiger partial charge in [-0.05, 0) is 42.7 Å². The molecular formula is C25H23ClFN5O3. The Balaban J connectivity index is 1.41. The summed E-state index contributed by atoms with van der Waals surface area (Å²) in [5.74, 6) is -0.172. The van der Waals surface area contributed by atoms with Gasteiger partial charge in [0.05, 0.1) is 51.9 Å². The van der Waals surface area contributed by atoms with Crippen LogP contribution in [0.15, 0.2) is 48.8 Å². The summed E-state index contributed by atoms with van der Waals surface area (Å²) in [6, 6.07) is 9.41. The summed E-state index contributed by atoms with van der Waals surface area (Å²) in [4.78, 5) is 25.9. The molecule has 4 N–H and O–H groups in total. The largest absolute Gasteiger partial charge is 0.494 e. The van der Waals surface area contributed by atoms with E-state index in [1.807, 2.05) is 0 Å². The molecule has 4 aromatic rings. The molecule has 180 valence electrons. The smallest absolute Gasteiger partial charge is 0.227 e. The molecule has 5 rings (SSSR count). The molecule has 0 saturated carbocycles. The molecule has 0 radical (unpaired) electrons. The number of aliphatic hydroxyl groups is 1. The number of likely N-dealkylation sites (tertiary alicyclic amines) is 1. The van der Waals surface area contributed by atoms with Gasteiger partial charge in [-0.2, -0.15) is 0 Å². The maximum Gasteiger partial charge on any atom is 0.227 e. The van der Waals surface area contributed by atoms with Crippen LogP contribution in [0.5, 0.6) is 5.88 Å². The lowest BCUT2D eigenvalue weighted by Gasteiger charge is -2.23. The number of hydrogen-bond acceptors (Lipinski definition) is 6. The Labute approximate surface area is 205 Å². The second-order valence-corrected chi connectivity index (χ2v) is 8.88. The van der Waals surface area contributed by atoms with E-state index >= 15 is 0 Å². The highest BCUT2D eigenvalue weighted by atomic mass is 35.5. The molecule has 8 nitrogen and oxygen atoms in total. The molecule has 1 saturated heterocycles. The molecule has 4 heterocycles. The fourth-order valence-corrected chi connectivity index (χ4v) is 4.73. The van der Waals surface area contributed by atoms with Crippen LogP contribution >= 0.6 is 11.6 Å². The Kier molecular flexibility index (Phi) is 6.27. The molecule has 1 atom stereocenters. The van der Waals surface area contributed by atoms with Crippen molar-refractivity contribution in [3.63, 3.8) is 0 Å². The summed E-state index contributed by atoms with van der Waals surface area (Å²) >= 11 is 6.24. The number of aromatic amines is 1. The van der Waals surface area contributed by atoms with Crippen LogP contribution in [0.25, 0.3) is 22.2 Å². The molecule has 1 aromatic carbocycles. The monoisotopic (exact) mass is 495 g/mol. The highest BCUT2D eigenvalue weighted by Crippen LogP contribution is 2.37. The van der Waals surface area contributed by atoms with Crippen LogP contribution in [0.3, 0.4) is 0 Å². The molecule has 1 amide bonds. The van der Waals surface area contributed by atoms with Crippen LogP contribution in [0.2, 0.25) is 5.02 Å². The Bertz CT molecular complexity index is 1370. The number of benzene rings is 1. The molecular weight excluding hydrogens is 473 g/mol. The van der Waals surface area contributed by atoms with Crippen molar-refractivity contribution in [1.29, 1.82) is 0 Å². The zero-order valence-electron chi connectivity index (χ0n) is 18.6. The fraction of sp³-hybridized carbons (Fsp3) is 0.240. The van der Waals surface area contributed by atoms with E-state index in [0.29, 0.717) is 34.6 Å². The molecule has 1 aliphatic heterocycles. The number of halogens is 2. The number of carbonyl (C=O) groups excluding carboxylic acids is 1. The second kappa shape index (κ2) is 9.52. The number of fused-ring (bicyclic) bond motifs is 1. The highest BCUT2D eigenvalue weighted by Gasteiger charge is 2.27. The molecule has 10 heteroatoms. The van der Waals surface area contributed by atoms with E-state index in [9.17, 15) is 19.4 Å². The van der Waals surface area contributed by atoms with Crippen molar-refractivity contribution in [3.05, 3.63) is 65.2 Å². The van der Waals surface area contributed by atoms with Gasteiger partial charge in [0.2, 0.25) is 5.91 Å². The van der Waals surface area contributed by atoms with Gasteiger partial charge in [0.15, 0.2) is 5.88 Å². The molecule has 1 fully saturated rings. The lowest BCUT2D eigenvalue weighted by Crippen LogP contribution is -2.38. The molecule has 1 aliphatic rings. The number of hydrogen-bond donors (Lipinski definition) is 4. The molecule has 0 bridgehead atoms. The first-order valence-corrected chi connectivity index (χ1v) is 11.6. The maximum atomic E-state index is 14.5. The first kappa shape index (κ1) is 23.1. The average molecular weight is 496 g/mol. The standard InChI is InChI=1S/C25H23ClFN5O3/c26-16-4-1-5-17(27)23(16)18-10-19(24-20(30-18)12-29-25(24)35)31-21-7-6-14(11-28-21)9-22(34)32-8-2-3-15(32)13-33/h1,4-7,10-12,15,29,33,35H,2-3,8-9,13H2,(H,28,31). The first-order chi connectivity index (χ1) is 16.9. The van der Waals surface area contributed by atoms with E-state index in [2.05, 4.69) is 20.3 Å². The third-order valence-corrected chi connectivity index (χ3v) is 6.51. The number of nitrogens with zero attached hydrogens (tertiary/aromatic N) is 3. The van der Waals surface area contributed by atoms with E-state index in [4.69, 9.17) is 11.6 Å². The van der Waals surface area contributed by atoms with Crippen molar-refractivity contribution in [2.75, 3.05) is 18.5 Å². The van der Waals surface area contributed by atoms with E-state index in [-0.39, 0.29) is 41.4 Å². The Morgan fingerprint density at radius 1 is 1.31 bits per heavy atom. The van der Waals surface area contributed by atoms with Crippen molar-refractivity contribution < 1.29 is 19.4 Å². The van der Waals surface area contributed by atoms with E-state index in [1.165, 1.54) is 18.3 Å². The first-order valence-electron chi connectivity index (χ1n) is 11.2. The van der Waals surface area contributed by atoms with E-state index < -0.39 is 5.82 Å². The molecule has 35 heavy (non-hydrogen) atoms. The van der Waals surface area contributed by atoms with Crippen LogP contribution in [0, 0.1) is 5.82 Å². The number of anilines is 2. The summed E-state index contributed by atoms with van der Waals surface area (Å²) < 4.78 is 14.5. The van der Waals surface area contributed by atoms with Crippen molar-refractivity contribution in [3.8, 4) is 17.1 Å². The Hall–Kier alpha value is -3.69. The van der Waals surface area contributed by atoms with E-state index in [1.54, 1.807) is 35.4 Å². The van der Waals surface area contributed by atoms with Gasteiger partial charge in [0.25, 0.3) is 0 Å². The number of aliphatic hydroxyl groups excluding tert-OH is 1. The van der Waals surface area contributed by atoms with Crippen molar-refractivity contribution in [1.82, 2.24) is 19.9 Å². The normalized spacial score (nSPS) is 15.6. The van der Waals surface area contributed by atoms with Gasteiger partial charge in [0, 0.05) is 18.9 Å². The topological polar surface area (TPSA) is 114 Å². The summed E-state index contributed by atoms with van der Waals surface area (Å²) in [6.07, 6.45) is 5.03. The summed E-state index contributed by atoms with van der Waals surface area (Å²) in [6.45, 7) is 0.628. The molecule has 3 aromatic heterocycles. The number of H-pyrrole nitrogens is 1. The number of rotatable bonds is 6. The molecule has 1 unspecified atom stereocenters. The average Bonchev–Trinajstić information content (AvgIpc) is 3.47. The van der Waals surface area contributed by atoms with Crippen molar-refractivity contribution in [2.45, 2.75) is 25.3 Å². The highest BCUT2D eigenvalue weighted by molar-refractivity contribution is 6.33. The van der Waals surface area contributed by atoms with Crippen LogP contribution in [0.4, 0.5) is 15.9 Å². The van der Waals surface area contributed by atoms with Crippen LogP contribution in [-0.4, -0.2) is 55.2 Å². The third kappa shape index (κ3) is 4.52. The fourth-order valence-electron chi connectivity index (χ4n) is 4.47. The second-order valence-electron chi connectivity index (χ2n) is 8.47. The lowest BCUT2D eigenvalue weighted by molar-refractivity contribution is -0.132. The zero-order chi connectivity index (χ0) is 24.5. The van der Waals surface area contributed by atoms with Gasteiger partial charge in [0.1, 0.15) is 11.6 Å². The summed E-state index contributed by atoms with van der Waals surface area (Å²) in [7, 11) is 0. The van der Waals surface area contributed by atoms with Gasteiger partial charge in [-0.25, -0.2) is 14.4 Å².